The van der Waals surface area contributed by atoms with Crippen molar-refractivity contribution < 1.29 is 4.79 Å². The molecule has 0 fully saturated rings. The summed E-state index contributed by atoms with van der Waals surface area (Å²) in [5.41, 5.74) is 3.61. The van der Waals surface area contributed by atoms with E-state index in [-0.39, 0.29) is 5.91 Å². The number of fused-ring (bicyclic) bond motifs is 1. The van der Waals surface area contributed by atoms with Crippen LogP contribution in [0, 0.1) is 6.92 Å². The highest BCUT2D eigenvalue weighted by Crippen LogP contribution is 2.28. The number of nitrogens with one attached hydrogen (secondary N) is 1. The molecule has 0 saturated carbocycles. The number of amidine groups is 1. The van der Waals surface area contributed by atoms with E-state index >= 15 is 0 Å². The van der Waals surface area contributed by atoms with Crippen molar-refractivity contribution in [1.82, 2.24) is 15.3 Å². The Bertz CT molecular complexity index is 1020. The van der Waals surface area contributed by atoms with Gasteiger partial charge in [-0.05, 0) is 66.0 Å². The van der Waals surface area contributed by atoms with Gasteiger partial charge in [0.05, 0.1) is 28.2 Å². The molecule has 0 unspecified atom stereocenters. The fraction of sp³-hybridized carbons (Fsp3) is 0.111. The van der Waals surface area contributed by atoms with Crippen LogP contribution in [0.1, 0.15) is 16.1 Å². The number of aryl methyl sites for hydroxylation is 1. The summed E-state index contributed by atoms with van der Waals surface area (Å²) in [4.78, 5) is 26.8. The predicted octanol–water partition coefficient (Wildman–Crippen LogP) is 3.76. The molecule has 1 N–H and O–H groups in total. The molecule has 0 aromatic carbocycles. The van der Waals surface area contributed by atoms with Crippen molar-refractivity contribution >= 4 is 51.3 Å². The van der Waals surface area contributed by atoms with Crippen molar-refractivity contribution in [3.8, 4) is 0 Å². The first-order valence-corrected chi connectivity index (χ1v) is 9.40. The fourth-order valence-corrected chi connectivity index (χ4v) is 4.05. The number of aromatic nitrogens is 2. The van der Waals surface area contributed by atoms with Gasteiger partial charge < -0.3 is 5.32 Å². The third-order valence-electron chi connectivity index (χ3n) is 3.75. The van der Waals surface area contributed by atoms with Crippen LogP contribution in [0.4, 0.5) is 0 Å². The van der Waals surface area contributed by atoms with E-state index in [1.165, 1.54) is 22.2 Å². The van der Waals surface area contributed by atoms with Crippen molar-refractivity contribution in [3.63, 3.8) is 0 Å². The number of hydrogen-bond acceptors (Lipinski definition) is 6. The molecule has 1 aliphatic heterocycles. The first kappa shape index (κ1) is 16.0. The van der Waals surface area contributed by atoms with Gasteiger partial charge in [-0.3, -0.25) is 9.78 Å². The number of rotatable bonds is 3. The van der Waals surface area contributed by atoms with Gasteiger partial charge in [0.25, 0.3) is 5.91 Å². The smallest absolute Gasteiger partial charge is 0.286 e. The second-order valence-corrected chi connectivity index (χ2v) is 7.52. The molecule has 0 radical (unpaired) electrons. The van der Waals surface area contributed by atoms with Crippen molar-refractivity contribution in [2.75, 3.05) is 0 Å². The zero-order valence-electron chi connectivity index (χ0n) is 13.4. The van der Waals surface area contributed by atoms with Gasteiger partial charge in [0.15, 0.2) is 5.17 Å². The molecule has 1 aliphatic rings. The topological polar surface area (TPSA) is 67.2 Å². The summed E-state index contributed by atoms with van der Waals surface area (Å²) in [5.74, 6) is -0.233. The summed E-state index contributed by atoms with van der Waals surface area (Å²) >= 11 is 3.04. The van der Waals surface area contributed by atoms with Gasteiger partial charge >= 0.3 is 0 Å². The monoisotopic (exact) mass is 366 g/mol. The molecule has 4 heterocycles. The molecule has 0 aliphatic carbocycles. The molecule has 0 spiro atoms. The Morgan fingerprint density at radius 2 is 2.12 bits per heavy atom. The van der Waals surface area contributed by atoms with E-state index in [2.05, 4.69) is 38.6 Å². The molecule has 0 saturated heterocycles. The molecule has 4 rings (SSSR count). The highest BCUT2D eigenvalue weighted by atomic mass is 32.2. The Balaban J connectivity index is 1.49. The number of thiophene rings is 1. The van der Waals surface area contributed by atoms with E-state index in [1.54, 1.807) is 23.6 Å². The van der Waals surface area contributed by atoms with E-state index < -0.39 is 0 Å². The minimum atomic E-state index is -0.233. The molecule has 25 heavy (non-hydrogen) atoms. The summed E-state index contributed by atoms with van der Waals surface area (Å²) in [7, 11) is 0. The maximum absolute atomic E-state index is 12.1. The number of pyridine rings is 2. The second kappa shape index (κ2) is 6.78. The number of nitrogens with zero attached hydrogens (tertiary/aromatic N) is 3. The van der Waals surface area contributed by atoms with Crippen molar-refractivity contribution in [2.45, 2.75) is 13.5 Å². The van der Waals surface area contributed by atoms with E-state index in [1.807, 2.05) is 24.3 Å². The largest absolute Gasteiger partial charge is 0.359 e. The first-order chi connectivity index (χ1) is 12.2. The Kier molecular flexibility index (Phi) is 4.33. The van der Waals surface area contributed by atoms with Crippen LogP contribution < -0.4 is 5.32 Å². The molecule has 5 nitrogen and oxygen atoms in total. The lowest BCUT2D eigenvalue weighted by atomic mass is 10.2. The van der Waals surface area contributed by atoms with Crippen molar-refractivity contribution in [3.05, 3.63) is 62.9 Å². The van der Waals surface area contributed by atoms with Crippen LogP contribution in [0.3, 0.4) is 0 Å². The van der Waals surface area contributed by atoms with E-state index in [4.69, 9.17) is 0 Å². The van der Waals surface area contributed by atoms with Gasteiger partial charge in [-0.1, -0.05) is 0 Å². The van der Waals surface area contributed by atoms with Crippen LogP contribution in [0.15, 0.2) is 51.8 Å². The van der Waals surface area contributed by atoms with Crippen LogP contribution >= 0.6 is 23.1 Å². The quantitative estimate of drug-likeness (QED) is 0.715. The Hall–Kier alpha value is -2.51. The van der Waals surface area contributed by atoms with E-state index in [0.29, 0.717) is 16.6 Å². The summed E-state index contributed by atoms with van der Waals surface area (Å²) in [6.45, 7) is 2.75. The highest BCUT2D eigenvalue weighted by molar-refractivity contribution is 8.18. The lowest BCUT2D eigenvalue weighted by Gasteiger charge is -2.03. The summed E-state index contributed by atoms with van der Waals surface area (Å²) in [6.07, 6.45) is 3.51. The predicted molar refractivity (Wildman–Crippen MR) is 103 cm³/mol. The van der Waals surface area contributed by atoms with Crippen molar-refractivity contribution in [1.29, 1.82) is 0 Å². The average molecular weight is 366 g/mol. The van der Waals surface area contributed by atoms with Crippen LogP contribution in [0.2, 0.25) is 0 Å². The lowest BCUT2D eigenvalue weighted by molar-refractivity contribution is -0.113. The SMILES string of the molecule is Cc1ccsc1CNC1=NC(=O)/C(=C/c2ccc3ncccc3n2)S1. The summed E-state index contributed by atoms with van der Waals surface area (Å²) < 4.78 is 0. The number of amides is 1. The van der Waals surface area contributed by atoms with Gasteiger partial charge in [-0.15, -0.1) is 11.3 Å². The van der Waals surface area contributed by atoms with Crippen LogP contribution in [0.25, 0.3) is 17.1 Å². The standard InChI is InChI=1S/C18H14N4OS2/c1-11-6-8-24-16(11)10-20-18-22-17(23)15(25-18)9-12-4-5-13-14(21-12)3-2-7-19-13/h2-9H,10H2,1H3,(H,20,22,23)/b15-9-. The Morgan fingerprint density at radius 1 is 1.20 bits per heavy atom. The van der Waals surface area contributed by atoms with Crippen LogP contribution in [0.5, 0.6) is 0 Å². The number of carbonyl (C=O) groups excluding carboxylic acids is 1. The van der Waals surface area contributed by atoms with Gasteiger partial charge in [0.2, 0.25) is 0 Å². The van der Waals surface area contributed by atoms with Crippen molar-refractivity contribution in [2.24, 2.45) is 4.99 Å². The van der Waals surface area contributed by atoms with E-state index in [9.17, 15) is 4.79 Å². The Morgan fingerprint density at radius 3 is 2.96 bits per heavy atom. The Labute approximate surface area is 152 Å². The average Bonchev–Trinajstić information content (AvgIpc) is 3.18. The third kappa shape index (κ3) is 3.47. The second-order valence-electron chi connectivity index (χ2n) is 5.49. The fourth-order valence-electron chi connectivity index (χ4n) is 2.41. The van der Waals surface area contributed by atoms with E-state index in [0.717, 1.165) is 16.7 Å². The number of thioether (sulfide) groups is 1. The molecular weight excluding hydrogens is 352 g/mol. The van der Waals surface area contributed by atoms with Gasteiger partial charge in [0.1, 0.15) is 0 Å². The maximum atomic E-state index is 12.1. The third-order valence-corrected chi connectivity index (χ3v) is 5.71. The normalized spacial score (nSPS) is 15.8. The molecule has 0 bridgehead atoms. The maximum Gasteiger partial charge on any atom is 0.286 e. The molecule has 0 atom stereocenters. The zero-order chi connectivity index (χ0) is 17.2. The molecular formula is C18H14N4OS2. The minimum absolute atomic E-state index is 0.233. The first-order valence-electron chi connectivity index (χ1n) is 7.70. The molecule has 7 heteroatoms. The van der Waals surface area contributed by atoms with Crippen LogP contribution in [-0.2, 0) is 11.3 Å². The molecule has 1 amide bonds. The highest BCUT2D eigenvalue weighted by Gasteiger charge is 2.22. The van der Waals surface area contributed by atoms with Crippen LogP contribution in [-0.4, -0.2) is 21.0 Å². The molecule has 3 aromatic rings. The van der Waals surface area contributed by atoms with Gasteiger partial charge in [0, 0.05) is 11.1 Å². The minimum Gasteiger partial charge on any atom is -0.359 e. The summed E-state index contributed by atoms with van der Waals surface area (Å²) in [6, 6.07) is 9.59. The number of hydrogen-bond donors (Lipinski definition) is 1. The van der Waals surface area contributed by atoms with Gasteiger partial charge in [-0.25, -0.2) is 4.98 Å². The lowest BCUT2D eigenvalue weighted by Crippen LogP contribution is -2.17. The number of aliphatic imine (C=N–C) groups is 1. The molecule has 3 aromatic heterocycles. The summed E-state index contributed by atoms with van der Waals surface area (Å²) in [5, 5.41) is 5.93. The zero-order valence-corrected chi connectivity index (χ0v) is 15.0. The number of carbonyl (C=O) groups is 1. The van der Waals surface area contributed by atoms with Gasteiger partial charge in [-0.2, -0.15) is 4.99 Å². The molecule has 124 valence electrons.